The van der Waals surface area contributed by atoms with Gasteiger partial charge >= 0.3 is 0 Å². The van der Waals surface area contributed by atoms with Crippen molar-refractivity contribution in [2.75, 3.05) is 5.73 Å². The van der Waals surface area contributed by atoms with E-state index in [-0.39, 0.29) is 5.82 Å². The Morgan fingerprint density at radius 2 is 2.13 bits per heavy atom. The summed E-state index contributed by atoms with van der Waals surface area (Å²) in [5.74, 6) is 0.108. The molecule has 0 fully saturated rings. The molecule has 1 aromatic carbocycles. The average Bonchev–Trinajstić information content (AvgIpc) is 2.50. The van der Waals surface area contributed by atoms with Gasteiger partial charge in [-0.25, -0.2) is 9.07 Å². The van der Waals surface area contributed by atoms with Gasteiger partial charge in [-0.15, -0.1) is 0 Å². The molecule has 2 N–H and O–H groups in total. The van der Waals surface area contributed by atoms with E-state index < -0.39 is 0 Å². The number of nitrogen functional groups attached to an aromatic ring is 1. The van der Waals surface area contributed by atoms with E-state index >= 15 is 0 Å². The molecule has 3 nitrogen and oxygen atoms in total. The van der Waals surface area contributed by atoms with Crippen molar-refractivity contribution in [2.24, 2.45) is 0 Å². The number of aromatic nitrogens is 2. The molecule has 0 radical (unpaired) electrons. The van der Waals surface area contributed by atoms with E-state index in [4.69, 9.17) is 5.73 Å². The highest BCUT2D eigenvalue weighted by molar-refractivity contribution is 9.10. The first kappa shape index (κ1) is 10.2. The summed E-state index contributed by atoms with van der Waals surface area (Å²) in [5.41, 5.74) is 7.08. The van der Waals surface area contributed by atoms with Gasteiger partial charge in [0.25, 0.3) is 0 Å². The van der Waals surface area contributed by atoms with Gasteiger partial charge in [-0.3, -0.25) is 0 Å². The van der Waals surface area contributed by atoms with Crippen LogP contribution in [0.2, 0.25) is 0 Å². The molecule has 0 saturated carbocycles. The highest BCUT2D eigenvalue weighted by Crippen LogP contribution is 2.20. The van der Waals surface area contributed by atoms with Crippen LogP contribution in [0.1, 0.15) is 5.69 Å². The molecule has 0 spiro atoms. The van der Waals surface area contributed by atoms with Crippen LogP contribution in [-0.4, -0.2) is 9.78 Å². The van der Waals surface area contributed by atoms with E-state index in [9.17, 15) is 4.39 Å². The number of anilines is 1. The number of hydrogen-bond acceptors (Lipinski definition) is 2. The number of halogens is 2. The monoisotopic (exact) mass is 269 g/mol. The number of nitrogens with zero attached hydrogens (tertiary/aromatic N) is 2. The topological polar surface area (TPSA) is 43.8 Å². The predicted octanol–water partition coefficient (Wildman–Crippen LogP) is 2.66. The first-order valence-electron chi connectivity index (χ1n) is 4.35. The van der Waals surface area contributed by atoms with Crippen molar-refractivity contribution in [1.82, 2.24) is 9.78 Å². The lowest BCUT2D eigenvalue weighted by Crippen LogP contribution is -2.00. The molecule has 2 aromatic rings. The Balaban J connectivity index is 2.54. The molecular formula is C10H9BrFN3. The first-order valence-corrected chi connectivity index (χ1v) is 5.15. The summed E-state index contributed by atoms with van der Waals surface area (Å²) in [6, 6.07) is 6.55. The van der Waals surface area contributed by atoms with Crippen molar-refractivity contribution in [3.05, 3.63) is 40.2 Å². The maximum atomic E-state index is 13.3. The molecule has 0 atom stereocenters. The van der Waals surface area contributed by atoms with Gasteiger partial charge in [0.2, 0.25) is 0 Å². The molecule has 0 saturated heterocycles. The molecule has 5 heteroatoms. The molecule has 0 aliphatic carbocycles. The van der Waals surface area contributed by atoms with Gasteiger partial charge in [-0.1, -0.05) is 0 Å². The Labute approximate surface area is 94.8 Å². The lowest BCUT2D eigenvalue weighted by Gasteiger charge is -2.04. The highest BCUT2D eigenvalue weighted by Gasteiger charge is 2.06. The van der Waals surface area contributed by atoms with Gasteiger partial charge in [0, 0.05) is 17.8 Å². The third-order valence-electron chi connectivity index (χ3n) is 2.05. The number of aryl methyl sites for hydroxylation is 1. The highest BCUT2D eigenvalue weighted by atomic mass is 79.9. The van der Waals surface area contributed by atoms with E-state index in [0.29, 0.717) is 16.0 Å². The van der Waals surface area contributed by atoms with Gasteiger partial charge in [0.1, 0.15) is 11.6 Å². The van der Waals surface area contributed by atoms with Crippen molar-refractivity contribution in [3.8, 4) is 5.69 Å². The molecule has 78 valence electrons. The molecule has 0 bridgehead atoms. The molecule has 2 rings (SSSR count). The second kappa shape index (κ2) is 3.66. The van der Waals surface area contributed by atoms with E-state index in [0.717, 1.165) is 5.69 Å². The summed E-state index contributed by atoms with van der Waals surface area (Å²) in [4.78, 5) is 0. The van der Waals surface area contributed by atoms with Crippen molar-refractivity contribution in [2.45, 2.75) is 6.92 Å². The van der Waals surface area contributed by atoms with Crippen LogP contribution in [-0.2, 0) is 0 Å². The number of nitrogens with two attached hydrogens (primary N) is 1. The quantitative estimate of drug-likeness (QED) is 0.865. The molecule has 0 amide bonds. The standard InChI is InChI=1S/C10H9BrFN3/c1-6-4-10(13)14-15(6)7-2-3-8(11)9(12)5-7/h2-5H,1H3,(H2,13,14). The third-order valence-corrected chi connectivity index (χ3v) is 2.70. The smallest absolute Gasteiger partial charge is 0.146 e. The zero-order chi connectivity index (χ0) is 11.0. The second-order valence-corrected chi connectivity index (χ2v) is 4.08. The number of rotatable bonds is 1. The second-order valence-electron chi connectivity index (χ2n) is 3.22. The van der Waals surface area contributed by atoms with Gasteiger partial charge < -0.3 is 5.73 Å². The van der Waals surface area contributed by atoms with Gasteiger partial charge in [0.15, 0.2) is 0 Å². The normalized spacial score (nSPS) is 10.6. The Hall–Kier alpha value is -1.36. The molecule has 15 heavy (non-hydrogen) atoms. The van der Waals surface area contributed by atoms with E-state index in [1.165, 1.54) is 6.07 Å². The van der Waals surface area contributed by atoms with Crippen molar-refractivity contribution in [3.63, 3.8) is 0 Å². The predicted molar refractivity (Wildman–Crippen MR) is 60.4 cm³/mol. The summed E-state index contributed by atoms with van der Waals surface area (Å²) in [6.07, 6.45) is 0. The van der Waals surface area contributed by atoms with Crippen LogP contribution in [0.25, 0.3) is 5.69 Å². The van der Waals surface area contributed by atoms with Crippen LogP contribution in [0.4, 0.5) is 10.2 Å². The van der Waals surface area contributed by atoms with E-state index in [1.54, 1.807) is 22.9 Å². The van der Waals surface area contributed by atoms with Crippen LogP contribution >= 0.6 is 15.9 Å². The summed E-state index contributed by atoms with van der Waals surface area (Å²) >= 11 is 3.10. The zero-order valence-corrected chi connectivity index (χ0v) is 9.62. The minimum atomic E-state index is -0.319. The SMILES string of the molecule is Cc1cc(N)nn1-c1ccc(Br)c(F)c1. The van der Waals surface area contributed by atoms with Crippen LogP contribution in [0, 0.1) is 12.7 Å². The van der Waals surface area contributed by atoms with E-state index in [1.807, 2.05) is 6.92 Å². The van der Waals surface area contributed by atoms with Gasteiger partial charge in [0.05, 0.1) is 10.2 Å². The Kier molecular flexibility index (Phi) is 2.48. The summed E-state index contributed by atoms with van der Waals surface area (Å²) in [7, 11) is 0. The number of hydrogen-bond donors (Lipinski definition) is 1. The average molecular weight is 270 g/mol. The summed E-state index contributed by atoms with van der Waals surface area (Å²) < 4.78 is 15.3. The van der Waals surface area contributed by atoms with Gasteiger partial charge in [-0.05, 0) is 35.0 Å². The first-order chi connectivity index (χ1) is 7.08. The molecular weight excluding hydrogens is 261 g/mol. The minimum Gasteiger partial charge on any atom is -0.382 e. The van der Waals surface area contributed by atoms with Crippen LogP contribution in [0.3, 0.4) is 0 Å². The maximum absolute atomic E-state index is 13.3. The largest absolute Gasteiger partial charge is 0.382 e. The molecule has 0 unspecified atom stereocenters. The fourth-order valence-electron chi connectivity index (χ4n) is 1.38. The maximum Gasteiger partial charge on any atom is 0.146 e. The number of benzene rings is 1. The molecule has 1 aromatic heterocycles. The third kappa shape index (κ3) is 1.87. The van der Waals surface area contributed by atoms with Crippen LogP contribution in [0.15, 0.2) is 28.7 Å². The molecule has 0 aliphatic heterocycles. The molecule has 1 heterocycles. The van der Waals surface area contributed by atoms with Crippen molar-refractivity contribution >= 4 is 21.7 Å². The Morgan fingerprint density at radius 1 is 1.40 bits per heavy atom. The van der Waals surface area contributed by atoms with Crippen molar-refractivity contribution < 1.29 is 4.39 Å². The Bertz CT molecular complexity index is 507. The summed E-state index contributed by atoms with van der Waals surface area (Å²) in [6.45, 7) is 1.86. The zero-order valence-electron chi connectivity index (χ0n) is 8.04. The lowest BCUT2D eigenvalue weighted by atomic mass is 10.3. The Morgan fingerprint density at radius 3 is 2.67 bits per heavy atom. The fraction of sp³-hybridized carbons (Fsp3) is 0.100. The van der Waals surface area contributed by atoms with Crippen molar-refractivity contribution in [1.29, 1.82) is 0 Å². The lowest BCUT2D eigenvalue weighted by molar-refractivity contribution is 0.618. The van der Waals surface area contributed by atoms with E-state index in [2.05, 4.69) is 21.0 Å². The van der Waals surface area contributed by atoms with Crippen LogP contribution in [0.5, 0.6) is 0 Å². The summed E-state index contributed by atoms with van der Waals surface area (Å²) in [5, 5.41) is 4.06. The van der Waals surface area contributed by atoms with Gasteiger partial charge in [-0.2, -0.15) is 5.10 Å². The minimum absolute atomic E-state index is 0.319. The molecule has 0 aliphatic rings. The van der Waals surface area contributed by atoms with Crippen LogP contribution < -0.4 is 5.73 Å². The fourth-order valence-corrected chi connectivity index (χ4v) is 1.62.